The van der Waals surface area contributed by atoms with Gasteiger partial charge in [0.2, 0.25) is 0 Å². The van der Waals surface area contributed by atoms with Crippen molar-refractivity contribution >= 4 is 43.6 Å². The van der Waals surface area contributed by atoms with Gasteiger partial charge in [0.1, 0.15) is 0 Å². The molecule has 1 unspecified atom stereocenters. The maximum absolute atomic E-state index is 11.7. The summed E-state index contributed by atoms with van der Waals surface area (Å²) in [6.07, 6.45) is -0.740. The summed E-state index contributed by atoms with van der Waals surface area (Å²) < 4.78 is 4.49. The molecular weight excluding hydrogens is 416 g/mol. The fourth-order valence-electron chi connectivity index (χ4n) is 6.07. The second-order valence-electron chi connectivity index (χ2n) is 9.08. The number of rotatable bonds is 1. The van der Waals surface area contributed by atoms with Crippen LogP contribution in [-0.2, 0) is 0 Å². The first-order valence-electron chi connectivity index (χ1n) is 11.6. The van der Waals surface area contributed by atoms with Gasteiger partial charge < -0.3 is 14.2 Å². The molecule has 3 nitrogen and oxygen atoms in total. The number of hydrogen-bond acceptors (Lipinski definition) is 1. The fraction of sp³-hybridized carbons (Fsp3) is 0.0323. The van der Waals surface area contributed by atoms with Crippen LogP contribution >= 0.6 is 0 Å². The molecule has 0 amide bonds. The van der Waals surface area contributed by atoms with Crippen molar-refractivity contribution in [2.75, 3.05) is 0 Å². The molecule has 160 valence electrons. The topological polar surface area (TPSA) is 30.1 Å². The summed E-state index contributed by atoms with van der Waals surface area (Å²) >= 11 is 0. The molecule has 0 fully saturated rings. The molecule has 0 spiro atoms. The molecule has 3 heterocycles. The van der Waals surface area contributed by atoms with E-state index in [2.05, 4.69) is 100 Å². The molecule has 1 aliphatic rings. The Hall–Kier alpha value is -4.34. The van der Waals surface area contributed by atoms with Crippen LogP contribution in [0.4, 0.5) is 0 Å². The first-order chi connectivity index (χ1) is 16.8. The standard InChI is InChI=1S/C31H20N2O/c34-31-24-12-5-4-11-20(24)21-14-8-15-22-23-17-18-27-28(30(23)33(31)29(21)22)25-13-6-7-16-26(25)32(27)19-9-2-1-3-10-19/h1-18,31,34H. The van der Waals surface area contributed by atoms with Crippen molar-refractivity contribution in [3.8, 4) is 16.8 Å². The monoisotopic (exact) mass is 436 g/mol. The molecule has 1 atom stereocenters. The van der Waals surface area contributed by atoms with Gasteiger partial charge in [0.25, 0.3) is 0 Å². The Morgan fingerprint density at radius 1 is 0.529 bits per heavy atom. The summed E-state index contributed by atoms with van der Waals surface area (Å²) in [6.45, 7) is 0. The van der Waals surface area contributed by atoms with Crippen molar-refractivity contribution in [1.82, 2.24) is 9.13 Å². The Labute approximate surface area is 195 Å². The van der Waals surface area contributed by atoms with Gasteiger partial charge in [0, 0.05) is 38.4 Å². The molecule has 7 aromatic rings. The predicted octanol–water partition coefficient (Wildman–Crippen LogP) is 7.41. The van der Waals surface area contributed by atoms with Gasteiger partial charge in [-0.2, -0.15) is 0 Å². The van der Waals surface area contributed by atoms with E-state index in [9.17, 15) is 5.11 Å². The van der Waals surface area contributed by atoms with Crippen LogP contribution in [0.2, 0.25) is 0 Å². The summed E-state index contributed by atoms with van der Waals surface area (Å²) in [4.78, 5) is 0. The molecular formula is C31H20N2O. The molecule has 2 aromatic heterocycles. The van der Waals surface area contributed by atoms with Crippen LogP contribution in [0.3, 0.4) is 0 Å². The number of aliphatic hydroxyl groups excluding tert-OH is 1. The minimum absolute atomic E-state index is 0.740. The lowest BCUT2D eigenvalue weighted by Crippen LogP contribution is -2.15. The Bertz CT molecular complexity index is 1920. The van der Waals surface area contributed by atoms with Gasteiger partial charge in [-0.3, -0.25) is 0 Å². The number of fused-ring (bicyclic) bond motifs is 9. The van der Waals surface area contributed by atoms with Crippen molar-refractivity contribution in [3.05, 3.63) is 115 Å². The molecule has 1 N–H and O–H groups in total. The van der Waals surface area contributed by atoms with Crippen molar-refractivity contribution in [3.63, 3.8) is 0 Å². The summed E-state index contributed by atoms with van der Waals surface area (Å²) in [7, 11) is 0. The molecule has 8 rings (SSSR count). The number of benzene rings is 5. The quantitative estimate of drug-likeness (QED) is 0.285. The molecule has 0 radical (unpaired) electrons. The maximum atomic E-state index is 11.7. The first kappa shape index (κ1) is 18.1. The minimum Gasteiger partial charge on any atom is -0.369 e. The summed E-state index contributed by atoms with van der Waals surface area (Å²) in [5, 5.41) is 16.4. The molecule has 0 aliphatic carbocycles. The largest absolute Gasteiger partial charge is 0.369 e. The summed E-state index contributed by atoms with van der Waals surface area (Å²) in [6, 6.07) is 38.3. The van der Waals surface area contributed by atoms with Crippen LogP contribution in [0.1, 0.15) is 11.8 Å². The third kappa shape index (κ3) is 2.10. The van der Waals surface area contributed by atoms with Gasteiger partial charge in [-0.15, -0.1) is 0 Å². The van der Waals surface area contributed by atoms with Crippen molar-refractivity contribution in [2.24, 2.45) is 0 Å². The van der Waals surface area contributed by atoms with E-state index in [0.717, 1.165) is 33.4 Å². The van der Waals surface area contributed by atoms with Crippen LogP contribution in [0.25, 0.3) is 60.4 Å². The average Bonchev–Trinajstić information content (AvgIpc) is 3.41. The smallest absolute Gasteiger partial charge is 0.158 e. The lowest BCUT2D eigenvalue weighted by molar-refractivity contribution is 0.155. The highest BCUT2D eigenvalue weighted by molar-refractivity contribution is 6.27. The van der Waals surface area contributed by atoms with Crippen LogP contribution in [0.5, 0.6) is 0 Å². The van der Waals surface area contributed by atoms with Crippen molar-refractivity contribution < 1.29 is 5.11 Å². The minimum atomic E-state index is -0.740. The third-order valence-corrected chi connectivity index (χ3v) is 7.41. The lowest BCUT2D eigenvalue weighted by Gasteiger charge is -2.25. The molecule has 3 heteroatoms. The van der Waals surface area contributed by atoms with E-state index in [1.807, 2.05) is 18.2 Å². The van der Waals surface area contributed by atoms with Gasteiger partial charge in [0.05, 0.1) is 22.1 Å². The number of aromatic nitrogens is 2. The van der Waals surface area contributed by atoms with Gasteiger partial charge >= 0.3 is 0 Å². The third-order valence-electron chi connectivity index (χ3n) is 7.41. The lowest BCUT2D eigenvalue weighted by atomic mass is 9.94. The molecule has 5 aromatic carbocycles. The summed E-state index contributed by atoms with van der Waals surface area (Å²) in [5.74, 6) is 0. The van der Waals surface area contributed by atoms with Crippen molar-refractivity contribution in [1.29, 1.82) is 0 Å². The zero-order valence-corrected chi connectivity index (χ0v) is 18.3. The van der Waals surface area contributed by atoms with E-state index < -0.39 is 6.23 Å². The van der Waals surface area contributed by atoms with Crippen LogP contribution in [-0.4, -0.2) is 14.2 Å². The number of nitrogens with zero attached hydrogens (tertiary/aromatic N) is 2. The number of para-hydroxylation sites is 3. The van der Waals surface area contributed by atoms with E-state index in [1.54, 1.807) is 0 Å². The maximum Gasteiger partial charge on any atom is 0.158 e. The molecule has 0 saturated heterocycles. The van der Waals surface area contributed by atoms with Gasteiger partial charge in [-0.05, 0) is 29.8 Å². The molecule has 0 bridgehead atoms. The van der Waals surface area contributed by atoms with E-state index in [1.165, 1.54) is 32.6 Å². The van der Waals surface area contributed by atoms with Gasteiger partial charge in [0.15, 0.2) is 6.23 Å². The number of hydrogen-bond donors (Lipinski definition) is 1. The van der Waals surface area contributed by atoms with Crippen LogP contribution < -0.4 is 0 Å². The molecule has 1 aliphatic heterocycles. The average molecular weight is 437 g/mol. The van der Waals surface area contributed by atoms with Crippen LogP contribution in [0, 0.1) is 0 Å². The Morgan fingerprint density at radius 3 is 2.15 bits per heavy atom. The molecule has 34 heavy (non-hydrogen) atoms. The fourth-order valence-corrected chi connectivity index (χ4v) is 6.07. The van der Waals surface area contributed by atoms with E-state index in [4.69, 9.17) is 0 Å². The first-order valence-corrected chi connectivity index (χ1v) is 11.6. The van der Waals surface area contributed by atoms with E-state index >= 15 is 0 Å². The highest BCUT2D eigenvalue weighted by Gasteiger charge is 2.29. The van der Waals surface area contributed by atoms with E-state index in [-0.39, 0.29) is 0 Å². The second-order valence-corrected chi connectivity index (χ2v) is 9.08. The van der Waals surface area contributed by atoms with Crippen LogP contribution in [0.15, 0.2) is 109 Å². The Kier molecular flexibility index (Phi) is 3.40. The molecule has 0 saturated carbocycles. The SMILES string of the molecule is OC1c2ccccc2-c2cccc3c4ccc5c(c6ccccc6n5-c5ccccc5)c4n1c23. The Balaban J connectivity index is 1.65. The number of aliphatic hydroxyl groups is 1. The normalized spacial score (nSPS) is 14.9. The Morgan fingerprint density at radius 2 is 1.24 bits per heavy atom. The highest BCUT2D eigenvalue weighted by atomic mass is 16.3. The zero-order valence-electron chi connectivity index (χ0n) is 18.3. The summed E-state index contributed by atoms with van der Waals surface area (Å²) in [5.41, 5.74) is 8.87. The second kappa shape index (κ2) is 6.37. The predicted molar refractivity (Wildman–Crippen MR) is 140 cm³/mol. The zero-order chi connectivity index (χ0) is 22.4. The van der Waals surface area contributed by atoms with Gasteiger partial charge in [-0.1, -0.05) is 84.9 Å². The van der Waals surface area contributed by atoms with E-state index in [0.29, 0.717) is 0 Å². The van der Waals surface area contributed by atoms with Gasteiger partial charge in [-0.25, -0.2) is 0 Å². The highest BCUT2D eigenvalue weighted by Crippen LogP contribution is 2.48. The van der Waals surface area contributed by atoms with Crippen molar-refractivity contribution in [2.45, 2.75) is 6.23 Å².